The standard InChI is InChI=1S/C24H35N5O7S/c1-5-6-11-29-21(25)20(22(30)26-24(29)32)28(12-13-35-4)23(31)18-7-9-19(10-8-18)37(33,34)27-14-16(2)36-17(3)15-27/h7-10,16-17H,5-6,11-15,25H2,1-4H3,(H,26,30,32)/t16-,17-/m1/s1. The highest BCUT2D eigenvalue weighted by Crippen LogP contribution is 2.24. The van der Waals surface area contributed by atoms with Crippen molar-refractivity contribution in [3.05, 3.63) is 50.7 Å². The Hall–Kier alpha value is -3.00. The molecule has 0 aliphatic carbocycles. The first-order chi connectivity index (χ1) is 17.5. The lowest BCUT2D eigenvalue weighted by Gasteiger charge is -2.34. The van der Waals surface area contributed by atoms with Crippen molar-refractivity contribution in [2.45, 2.75) is 57.3 Å². The molecule has 1 aromatic heterocycles. The number of ether oxygens (including phenoxy) is 2. The van der Waals surface area contributed by atoms with Gasteiger partial charge in [0.25, 0.3) is 11.5 Å². The first-order valence-electron chi connectivity index (χ1n) is 12.2. The van der Waals surface area contributed by atoms with E-state index in [1.165, 1.54) is 40.2 Å². The summed E-state index contributed by atoms with van der Waals surface area (Å²) in [5.41, 5.74) is 4.75. The van der Waals surface area contributed by atoms with Gasteiger partial charge in [-0.3, -0.25) is 24.0 Å². The summed E-state index contributed by atoms with van der Waals surface area (Å²) < 4.78 is 39.7. The van der Waals surface area contributed by atoms with Crippen LogP contribution < -0.4 is 21.9 Å². The van der Waals surface area contributed by atoms with E-state index in [-0.39, 0.29) is 67.0 Å². The van der Waals surface area contributed by atoms with Crippen molar-refractivity contribution in [3.8, 4) is 0 Å². The lowest BCUT2D eigenvalue weighted by molar-refractivity contribution is -0.0440. The molecule has 0 saturated carbocycles. The highest BCUT2D eigenvalue weighted by molar-refractivity contribution is 7.89. The SMILES string of the molecule is CCCCn1c(N)c(N(CCOC)C(=O)c2ccc(S(=O)(=O)N3C[C@@H](C)O[C@H](C)C3)cc2)c(=O)[nH]c1=O. The number of hydrogen-bond acceptors (Lipinski definition) is 8. The molecule has 2 heterocycles. The first-order valence-corrected chi connectivity index (χ1v) is 13.6. The molecule has 1 fully saturated rings. The zero-order chi connectivity index (χ0) is 27.3. The number of benzene rings is 1. The zero-order valence-electron chi connectivity index (χ0n) is 21.6. The molecule has 1 aliphatic heterocycles. The molecule has 2 aromatic rings. The van der Waals surface area contributed by atoms with Gasteiger partial charge in [-0.1, -0.05) is 13.3 Å². The molecular weight excluding hydrogens is 502 g/mol. The second kappa shape index (κ2) is 12.0. The van der Waals surface area contributed by atoms with Crippen LogP contribution in [-0.4, -0.2) is 73.7 Å². The minimum atomic E-state index is -3.79. The van der Waals surface area contributed by atoms with Crippen molar-refractivity contribution in [1.82, 2.24) is 13.9 Å². The van der Waals surface area contributed by atoms with E-state index in [2.05, 4.69) is 4.98 Å². The summed E-state index contributed by atoms with van der Waals surface area (Å²) in [6.07, 6.45) is 0.971. The van der Waals surface area contributed by atoms with Crippen LogP contribution in [0.3, 0.4) is 0 Å². The fraction of sp³-hybridized carbons (Fsp3) is 0.542. The maximum atomic E-state index is 13.5. The van der Waals surface area contributed by atoms with Gasteiger partial charge in [0.15, 0.2) is 5.69 Å². The van der Waals surface area contributed by atoms with Crippen molar-refractivity contribution in [3.63, 3.8) is 0 Å². The van der Waals surface area contributed by atoms with Crippen LogP contribution in [0, 0.1) is 0 Å². The first kappa shape index (κ1) is 28.6. The van der Waals surface area contributed by atoms with Crippen molar-refractivity contribution < 1.29 is 22.7 Å². The molecule has 0 radical (unpaired) electrons. The van der Waals surface area contributed by atoms with Gasteiger partial charge in [-0.15, -0.1) is 0 Å². The van der Waals surface area contributed by atoms with Gasteiger partial charge in [0.2, 0.25) is 10.0 Å². The Morgan fingerprint density at radius 1 is 1.19 bits per heavy atom. The Labute approximate surface area is 216 Å². The number of aromatic amines is 1. The number of sulfonamides is 1. The molecule has 0 bridgehead atoms. The number of methoxy groups -OCH3 is 1. The molecule has 1 saturated heterocycles. The van der Waals surface area contributed by atoms with Crippen molar-refractivity contribution in [1.29, 1.82) is 0 Å². The quantitative estimate of drug-likeness (QED) is 0.455. The highest BCUT2D eigenvalue weighted by atomic mass is 32.2. The average molecular weight is 538 g/mol. The topological polar surface area (TPSA) is 157 Å². The Balaban J connectivity index is 1.96. The number of carbonyl (C=O) groups excluding carboxylic acids is 1. The van der Waals surface area contributed by atoms with Gasteiger partial charge in [-0.2, -0.15) is 4.31 Å². The normalized spacial score (nSPS) is 18.6. The predicted molar refractivity (Wildman–Crippen MR) is 139 cm³/mol. The molecule has 3 rings (SSSR count). The smallest absolute Gasteiger partial charge is 0.330 e. The number of H-pyrrole nitrogens is 1. The summed E-state index contributed by atoms with van der Waals surface area (Å²) in [5, 5.41) is 0. The lowest BCUT2D eigenvalue weighted by Crippen LogP contribution is -2.48. The molecule has 2 atom stereocenters. The molecule has 3 N–H and O–H groups in total. The molecule has 0 unspecified atom stereocenters. The Kier molecular flexibility index (Phi) is 9.29. The van der Waals surface area contributed by atoms with Gasteiger partial charge >= 0.3 is 5.69 Å². The van der Waals surface area contributed by atoms with E-state index in [1.54, 1.807) is 0 Å². The Morgan fingerprint density at radius 3 is 2.38 bits per heavy atom. The third kappa shape index (κ3) is 6.29. The number of nitrogens with one attached hydrogen (secondary N) is 1. The van der Waals surface area contributed by atoms with Crippen LogP contribution in [0.2, 0.25) is 0 Å². The van der Waals surface area contributed by atoms with E-state index in [4.69, 9.17) is 15.2 Å². The molecule has 1 amide bonds. The van der Waals surface area contributed by atoms with E-state index in [0.717, 1.165) is 11.3 Å². The predicted octanol–water partition coefficient (Wildman–Crippen LogP) is 1.01. The second-order valence-corrected chi connectivity index (χ2v) is 11.0. The summed E-state index contributed by atoms with van der Waals surface area (Å²) >= 11 is 0. The van der Waals surface area contributed by atoms with Crippen LogP contribution in [-0.2, 0) is 26.0 Å². The number of aromatic nitrogens is 2. The number of anilines is 2. The largest absolute Gasteiger partial charge is 0.383 e. The van der Waals surface area contributed by atoms with Crippen LogP contribution in [0.1, 0.15) is 44.0 Å². The fourth-order valence-electron chi connectivity index (χ4n) is 4.28. The van der Waals surface area contributed by atoms with Crippen LogP contribution in [0.25, 0.3) is 0 Å². The molecule has 1 aromatic carbocycles. The minimum Gasteiger partial charge on any atom is -0.383 e. The van der Waals surface area contributed by atoms with Gasteiger partial charge in [-0.05, 0) is 44.5 Å². The lowest BCUT2D eigenvalue weighted by atomic mass is 10.2. The van der Waals surface area contributed by atoms with Gasteiger partial charge in [0.1, 0.15) is 5.82 Å². The third-order valence-electron chi connectivity index (χ3n) is 6.11. The van der Waals surface area contributed by atoms with Gasteiger partial charge in [0.05, 0.1) is 23.7 Å². The number of unbranched alkanes of at least 4 members (excludes halogenated alkanes) is 1. The summed E-state index contributed by atoms with van der Waals surface area (Å²) in [4.78, 5) is 42.0. The monoisotopic (exact) mass is 537 g/mol. The van der Waals surface area contributed by atoms with E-state index in [1.807, 2.05) is 20.8 Å². The Bertz CT molecular complexity index is 1310. The fourth-order valence-corrected chi connectivity index (χ4v) is 5.87. The van der Waals surface area contributed by atoms with E-state index < -0.39 is 27.2 Å². The molecule has 13 heteroatoms. The second-order valence-electron chi connectivity index (χ2n) is 9.05. The third-order valence-corrected chi connectivity index (χ3v) is 7.95. The average Bonchev–Trinajstić information content (AvgIpc) is 2.85. The summed E-state index contributed by atoms with van der Waals surface area (Å²) in [6, 6.07) is 5.49. The van der Waals surface area contributed by atoms with Gasteiger partial charge in [-0.25, -0.2) is 13.2 Å². The summed E-state index contributed by atoms with van der Waals surface area (Å²) in [6.45, 7) is 6.40. The number of morpholine rings is 1. The number of amides is 1. The van der Waals surface area contributed by atoms with Crippen LogP contribution in [0.15, 0.2) is 38.8 Å². The number of nitrogens with two attached hydrogens (primary N) is 1. The van der Waals surface area contributed by atoms with Crippen molar-refractivity contribution in [2.24, 2.45) is 0 Å². The van der Waals surface area contributed by atoms with Crippen molar-refractivity contribution >= 4 is 27.4 Å². The van der Waals surface area contributed by atoms with Crippen LogP contribution in [0.4, 0.5) is 11.5 Å². The maximum Gasteiger partial charge on any atom is 0.330 e. The summed E-state index contributed by atoms with van der Waals surface area (Å²) in [7, 11) is -2.34. The molecule has 37 heavy (non-hydrogen) atoms. The molecule has 1 aliphatic rings. The minimum absolute atomic E-state index is 0.0157. The molecular formula is C24H35N5O7S. The zero-order valence-corrected chi connectivity index (χ0v) is 22.4. The summed E-state index contributed by atoms with van der Waals surface area (Å²) in [5.74, 6) is -0.714. The number of carbonyl (C=O) groups is 1. The van der Waals surface area contributed by atoms with E-state index in [9.17, 15) is 22.8 Å². The number of nitrogen functional groups attached to an aromatic ring is 1. The number of nitrogens with zero attached hydrogens (tertiary/aromatic N) is 3. The highest BCUT2D eigenvalue weighted by Gasteiger charge is 2.32. The van der Waals surface area contributed by atoms with Crippen LogP contribution in [0.5, 0.6) is 0 Å². The number of hydrogen-bond donors (Lipinski definition) is 2. The van der Waals surface area contributed by atoms with Gasteiger partial charge in [0, 0.05) is 38.9 Å². The molecule has 0 spiro atoms. The van der Waals surface area contributed by atoms with E-state index >= 15 is 0 Å². The molecule has 204 valence electrons. The van der Waals surface area contributed by atoms with E-state index in [0.29, 0.717) is 6.42 Å². The Morgan fingerprint density at radius 2 is 1.81 bits per heavy atom. The van der Waals surface area contributed by atoms with Crippen LogP contribution >= 0.6 is 0 Å². The molecule has 12 nitrogen and oxygen atoms in total. The van der Waals surface area contributed by atoms with Crippen molar-refractivity contribution in [2.75, 3.05) is 44.0 Å². The van der Waals surface area contributed by atoms with Gasteiger partial charge < -0.3 is 15.2 Å². The number of rotatable bonds is 10. The maximum absolute atomic E-state index is 13.5.